The molecule has 0 heterocycles. The van der Waals surface area contributed by atoms with Crippen molar-refractivity contribution in [3.05, 3.63) is 29.8 Å². The number of aliphatic hydroxyl groups excluding tert-OH is 1. The molecule has 0 amide bonds. The Labute approximate surface area is 134 Å². The summed E-state index contributed by atoms with van der Waals surface area (Å²) in [5.41, 5.74) is 1.29. The molecule has 6 heteroatoms. The van der Waals surface area contributed by atoms with Crippen molar-refractivity contribution in [1.29, 1.82) is 0 Å². The molecule has 0 aromatic heterocycles. The Balaban J connectivity index is 1.81. The van der Waals surface area contributed by atoms with Gasteiger partial charge in [-0.1, -0.05) is 39.3 Å². The van der Waals surface area contributed by atoms with Crippen LogP contribution in [-0.2, 0) is 14.2 Å². The first-order chi connectivity index (χ1) is 10.3. The van der Waals surface area contributed by atoms with Crippen LogP contribution >= 0.6 is 21.6 Å². The van der Waals surface area contributed by atoms with Gasteiger partial charge in [-0.25, -0.2) is 0 Å². The van der Waals surface area contributed by atoms with E-state index < -0.39 is 0 Å². The molecule has 0 unspecified atom stereocenters. The van der Waals surface area contributed by atoms with Crippen molar-refractivity contribution in [2.45, 2.75) is 11.8 Å². The topological polar surface area (TPSA) is 47.9 Å². The number of aryl methyl sites for hydroxylation is 1. The summed E-state index contributed by atoms with van der Waals surface area (Å²) in [6.45, 7) is 5.50. The van der Waals surface area contributed by atoms with E-state index in [1.165, 1.54) is 10.5 Å². The summed E-state index contributed by atoms with van der Waals surface area (Å²) >= 11 is 0. The third-order valence-corrected chi connectivity index (χ3v) is 4.81. The van der Waals surface area contributed by atoms with Crippen molar-refractivity contribution in [3.63, 3.8) is 0 Å². The molecule has 0 spiro atoms. The van der Waals surface area contributed by atoms with E-state index in [4.69, 9.17) is 19.3 Å². The minimum Gasteiger partial charge on any atom is -0.394 e. The third kappa shape index (κ3) is 11.0. The van der Waals surface area contributed by atoms with Crippen molar-refractivity contribution in [1.82, 2.24) is 0 Å². The van der Waals surface area contributed by atoms with Crippen LogP contribution in [0.3, 0.4) is 0 Å². The van der Waals surface area contributed by atoms with Crippen molar-refractivity contribution in [2.75, 3.05) is 52.0 Å². The molecule has 1 N–H and O–H groups in total. The molecule has 0 radical (unpaired) electrons. The first-order valence-corrected chi connectivity index (χ1v) is 9.35. The highest BCUT2D eigenvalue weighted by Crippen LogP contribution is 2.30. The molecule has 0 fully saturated rings. The Morgan fingerprint density at radius 3 is 2.05 bits per heavy atom. The molecule has 1 aromatic carbocycles. The van der Waals surface area contributed by atoms with Crippen LogP contribution in [0.1, 0.15) is 5.56 Å². The number of benzene rings is 1. The quantitative estimate of drug-likeness (QED) is 0.443. The van der Waals surface area contributed by atoms with Crippen LogP contribution < -0.4 is 0 Å². The number of hydrogen-bond donors (Lipinski definition) is 1. The zero-order valence-corrected chi connectivity index (χ0v) is 14.1. The summed E-state index contributed by atoms with van der Waals surface area (Å²) in [4.78, 5) is 1.27. The fraction of sp³-hybridized carbons (Fsp3) is 0.600. The first kappa shape index (κ1) is 18.8. The van der Waals surface area contributed by atoms with Crippen LogP contribution in [0.4, 0.5) is 0 Å². The fourth-order valence-corrected chi connectivity index (χ4v) is 3.25. The van der Waals surface area contributed by atoms with Crippen LogP contribution in [0.15, 0.2) is 29.2 Å². The van der Waals surface area contributed by atoms with Gasteiger partial charge in [0, 0.05) is 10.6 Å². The SMILES string of the molecule is Cc1ccc(SSCCOCCOCCOCCO)cc1. The number of hydrogen-bond acceptors (Lipinski definition) is 6. The van der Waals surface area contributed by atoms with Crippen LogP contribution in [0.25, 0.3) is 0 Å². The molecule has 0 atom stereocenters. The maximum absolute atomic E-state index is 8.51. The molecule has 0 saturated heterocycles. The van der Waals surface area contributed by atoms with Gasteiger partial charge < -0.3 is 19.3 Å². The largest absolute Gasteiger partial charge is 0.394 e. The van der Waals surface area contributed by atoms with Crippen LogP contribution in [0, 0.1) is 6.92 Å². The van der Waals surface area contributed by atoms with Crippen molar-refractivity contribution < 1.29 is 19.3 Å². The second-order valence-corrected chi connectivity index (χ2v) is 6.77. The summed E-state index contributed by atoms with van der Waals surface area (Å²) in [6, 6.07) is 8.53. The predicted octanol–water partition coefficient (Wildman–Crippen LogP) is 2.78. The molecule has 120 valence electrons. The minimum absolute atomic E-state index is 0.0569. The average Bonchev–Trinajstić information content (AvgIpc) is 2.50. The highest BCUT2D eigenvalue weighted by molar-refractivity contribution is 8.76. The smallest absolute Gasteiger partial charge is 0.0701 e. The van der Waals surface area contributed by atoms with E-state index in [2.05, 4.69) is 31.2 Å². The highest BCUT2D eigenvalue weighted by atomic mass is 33.1. The van der Waals surface area contributed by atoms with Gasteiger partial charge in [-0.2, -0.15) is 0 Å². The van der Waals surface area contributed by atoms with Gasteiger partial charge in [-0.15, -0.1) is 0 Å². The zero-order chi connectivity index (χ0) is 15.2. The van der Waals surface area contributed by atoms with Gasteiger partial charge in [-0.3, -0.25) is 0 Å². The predicted molar refractivity (Wildman–Crippen MR) is 89.0 cm³/mol. The summed E-state index contributed by atoms with van der Waals surface area (Å²) in [5, 5.41) is 8.51. The molecule has 4 nitrogen and oxygen atoms in total. The number of aliphatic hydroxyl groups is 1. The summed E-state index contributed by atoms with van der Waals surface area (Å²) in [6.07, 6.45) is 0. The fourth-order valence-electron chi connectivity index (χ4n) is 1.40. The average molecular weight is 332 g/mol. The van der Waals surface area contributed by atoms with E-state index >= 15 is 0 Å². The van der Waals surface area contributed by atoms with Gasteiger partial charge in [0.15, 0.2) is 0 Å². The maximum atomic E-state index is 8.51. The molecule has 1 aromatic rings. The van der Waals surface area contributed by atoms with Gasteiger partial charge in [-0.05, 0) is 19.1 Å². The normalized spacial score (nSPS) is 11.0. The summed E-state index contributed by atoms with van der Waals surface area (Å²) < 4.78 is 15.9. The molecule has 0 aliphatic heterocycles. The Kier molecular flexibility index (Phi) is 12.0. The van der Waals surface area contributed by atoms with Gasteiger partial charge in [0.1, 0.15) is 0 Å². The highest BCUT2D eigenvalue weighted by Gasteiger charge is 1.95. The van der Waals surface area contributed by atoms with Crippen LogP contribution in [-0.4, -0.2) is 57.1 Å². The van der Waals surface area contributed by atoms with Crippen LogP contribution in [0.5, 0.6) is 0 Å². The lowest BCUT2D eigenvalue weighted by Gasteiger charge is -2.06. The molecular weight excluding hydrogens is 308 g/mol. The lowest BCUT2D eigenvalue weighted by atomic mass is 10.2. The Hall–Kier alpha value is -0.240. The lowest BCUT2D eigenvalue weighted by molar-refractivity contribution is 0.0100. The second-order valence-electron chi connectivity index (χ2n) is 4.28. The first-order valence-electron chi connectivity index (χ1n) is 7.03. The van der Waals surface area contributed by atoms with Crippen molar-refractivity contribution >= 4 is 21.6 Å². The van der Waals surface area contributed by atoms with Gasteiger partial charge in [0.05, 0.1) is 46.2 Å². The van der Waals surface area contributed by atoms with Gasteiger partial charge >= 0.3 is 0 Å². The molecule has 1 rings (SSSR count). The Bertz CT molecular complexity index is 346. The van der Waals surface area contributed by atoms with Gasteiger partial charge in [0.25, 0.3) is 0 Å². The zero-order valence-electron chi connectivity index (χ0n) is 12.5. The Morgan fingerprint density at radius 2 is 1.43 bits per heavy atom. The maximum Gasteiger partial charge on any atom is 0.0701 e. The van der Waals surface area contributed by atoms with E-state index in [0.717, 1.165) is 12.4 Å². The van der Waals surface area contributed by atoms with E-state index in [1.54, 1.807) is 21.6 Å². The number of rotatable bonds is 13. The molecule has 21 heavy (non-hydrogen) atoms. The van der Waals surface area contributed by atoms with Gasteiger partial charge in [0.2, 0.25) is 0 Å². The van der Waals surface area contributed by atoms with Crippen LogP contribution in [0.2, 0.25) is 0 Å². The third-order valence-electron chi connectivity index (χ3n) is 2.47. The molecular formula is C15H24O4S2. The molecule has 0 aliphatic rings. The van der Waals surface area contributed by atoms with E-state index in [-0.39, 0.29) is 6.61 Å². The lowest BCUT2D eigenvalue weighted by Crippen LogP contribution is -2.11. The Morgan fingerprint density at radius 1 is 0.857 bits per heavy atom. The van der Waals surface area contributed by atoms with Crippen molar-refractivity contribution in [3.8, 4) is 0 Å². The van der Waals surface area contributed by atoms with E-state index in [0.29, 0.717) is 33.0 Å². The second kappa shape index (κ2) is 13.4. The summed E-state index contributed by atoms with van der Waals surface area (Å²) in [7, 11) is 3.57. The standard InChI is InChI=1S/C15H24O4S2/c1-14-2-4-15(5-3-14)21-20-13-12-19-11-10-18-9-8-17-7-6-16/h2-5,16H,6-13H2,1H3. The minimum atomic E-state index is 0.0569. The van der Waals surface area contributed by atoms with E-state index in [1.807, 2.05) is 0 Å². The van der Waals surface area contributed by atoms with Crippen molar-refractivity contribution in [2.24, 2.45) is 0 Å². The van der Waals surface area contributed by atoms with E-state index in [9.17, 15) is 0 Å². The summed E-state index contributed by atoms with van der Waals surface area (Å²) in [5.74, 6) is 0.957. The number of ether oxygens (including phenoxy) is 3. The molecule has 0 aliphatic carbocycles. The molecule has 0 bridgehead atoms. The monoisotopic (exact) mass is 332 g/mol. The molecule has 0 saturated carbocycles.